The average molecular weight is 357 g/mol. The Kier molecular flexibility index (Phi) is 6.62. The molecule has 0 radical (unpaired) electrons. The molecule has 0 saturated carbocycles. The largest absolute Gasteiger partial charge is 0.444 e. The summed E-state index contributed by atoms with van der Waals surface area (Å²) in [7, 11) is 0. The molecule has 6 heteroatoms. The third-order valence-electron chi connectivity index (χ3n) is 4.17. The summed E-state index contributed by atoms with van der Waals surface area (Å²) >= 11 is 0. The quantitative estimate of drug-likeness (QED) is 0.878. The number of nitrogens with zero attached hydrogens (tertiary/aromatic N) is 2. The molecule has 6 nitrogen and oxygen atoms in total. The lowest BCUT2D eigenvalue weighted by atomic mass is 10.0. The first-order chi connectivity index (χ1) is 12.3. The number of benzene rings is 1. The second-order valence-corrected chi connectivity index (χ2v) is 7.65. The van der Waals surface area contributed by atoms with Crippen LogP contribution in [0.4, 0.5) is 4.79 Å². The van der Waals surface area contributed by atoms with E-state index in [4.69, 9.17) is 10.00 Å². The van der Waals surface area contributed by atoms with Crippen molar-refractivity contribution >= 4 is 12.0 Å². The van der Waals surface area contributed by atoms with E-state index in [1.54, 1.807) is 32.9 Å². The molecule has 1 saturated heterocycles. The molecule has 1 fully saturated rings. The van der Waals surface area contributed by atoms with E-state index in [1.165, 1.54) is 0 Å². The third-order valence-corrected chi connectivity index (χ3v) is 4.17. The van der Waals surface area contributed by atoms with Crippen LogP contribution in [0.1, 0.15) is 51.2 Å². The van der Waals surface area contributed by atoms with Crippen LogP contribution in [0.3, 0.4) is 0 Å². The van der Waals surface area contributed by atoms with Crippen LogP contribution < -0.4 is 5.32 Å². The number of nitriles is 1. The molecule has 0 bridgehead atoms. The average Bonchev–Trinajstić information content (AvgIpc) is 3.08. The van der Waals surface area contributed by atoms with Gasteiger partial charge in [0.15, 0.2) is 0 Å². The summed E-state index contributed by atoms with van der Waals surface area (Å²) in [5.41, 5.74) is 0.944. The molecule has 0 unspecified atom stereocenters. The first-order valence-corrected chi connectivity index (χ1v) is 9.03. The molecule has 26 heavy (non-hydrogen) atoms. The number of amides is 2. The van der Waals surface area contributed by atoms with Gasteiger partial charge in [-0.05, 0) is 57.7 Å². The van der Waals surface area contributed by atoms with Crippen molar-refractivity contribution in [3.8, 4) is 6.07 Å². The molecule has 1 aliphatic rings. The molecule has 1 N–H and O–H groups in total. The number of nitrogens with one attached hydrogen (secondary N) is 1. The minimum atomic E-state index is -0.595. The highest BCUT2D eigenvalue weighted by molar-refractivity contribution is 5.78. The maximum absolute atomic E-state index is 12.5. The van der Waals surface area contributed by atoms with Gasteiger partial charge >= 0.3 is 6.09 Å². The fourth-order valence-corrected chi connectivity index (χ4v) is 2.95. The summed E-state index contributed by atoms with van der Waals surface area (Å²) in [5.74, 6) is 0.0530. The first-order valence-electron chi connectivity index (χ1n) is 9.03. The number of likely N-dealkylation sites (tertiary alicyclic amines) is 1. The highest BCUT2D eigenvalue weighted by Gasteiger charge is 2.25. The summed E-state index contributed by atoms with van der Waals surface area (Å²) in [6.07, 6.45) is 2.28. The number of ether oxygens (including phenoxy) is 1. The molecule has 1 aromatic rings. The topological polar surface area (TPSA) is 82.4 Å². The van der Waals surface area contributed by atoms with E-state index >= 15 is 0 Å². The zero-order chi connectivity index (χ0) is 19.2. The van der Waals surface area contributed by atoms with Gasteiger partial charge in [-0.3, -0.25) is 4.79 Å². The van der Waals surface area contributed by atoms with Crippen LogP contribution in [0, 0.1) is 11.3 Å². The Morgan fingerprint density at radius 2 is 1.85 bits per heavy atom. The minimum absolute atomic E-state index is 0.0530. The van der Waals surface area contributed by atoms with Crippen LogP contribution in [0.2, 0.25) is 0 Å². The van der Waals surface area contributed by atoms with Gasteiger partial charge in [0, 0.05) is 25.6 Å². The van der Waals surface area contributed by atoms with Crippen molar-refractivity contribution in [1.82, 2.24) is 10.2 Å². The van der Waals surface area contributed by atoms with E-state index in [0.29, 0.717) is 12.0 Å². The van der Waals surface area contributed by atoms with E-state index in [1.807, 2.05) is 17.0 Å². The molecular weight excluding hydrogens is 330 g/mol. The van der Waals surface area contributed by atoms with Gasteiger partial charge in [-0.2, -0.15) is 5.26 Å². The Hall–Kier alpha value is -2.55. The zero-order valence-electron chi connectivity index (χ0n) is 15.7. The molecule has 0 spiro atoms. The lowest BCUT2D eigenvalue weighted by molar-refractivity contribution is -0.130. The predicted molar refractivity (Wildman–Crippen MR) is 98.4 cm³/mol. The van der Waals surface area contributed by atoms with Crippen LogP contribution in [-0.4, -0.2) is 41.6 Å². The van der Waals surface area contributed by atoms with Crippen LogP contribution in [-0.2, 0) is 16.0 Å². The first kappa shape index (κ1) is 19.8. The lowest BCUT2D eigenvalue weighted by Crippen LogP contribution is -2.43. The summed E-state index contributed by atoms with van der Waals surface area (Å²) in [4.78, 5) is 26.5. The number of carbonyl (C=O) groups is 2. The van der Waals surface area contributed by atoms with Gasteiger partial charge in [0.05, 0.1) is 11.6 Å². The van der Waals surface area contributed by atoms with Crippen molar-refractivity contribution in [2.75, 3.05) is 13.1 Å². The normalized spacial score (nSPS) is 15.2. The van der Waals surface area contributed by atoms with Gasteiger partial charge in [0.1, 0.15) is 5.60 Å². The van der Waals surface area contributed by atoms with Gasteiger partial charge in [0.2, 0.25) is 5.91 Å². The Morgan fingerprint density at radius 3 is 2.38 bits per heavy atom. The summed E-state index contributed by atoms with van der Waals surface area (Å²) in [5, 5.41) is 11.7. The predicted octanol–water partition coefficient (Wildman–Crippen LogP) is 3.01. The third kappa shape index (κ3) is 6.40. The highest BCUT2D eigenvalue weighted by Crippen LogP contribution is 2.14. The van der Waals surface area contributed by atoms with Crippen LogP contribution in [0.5, 0.6) is 0 Å². The van der Waals surface area contributed by atoms with Gasteiger partial charge in [-0.25, -0.2) is 4.79 Å². The van der Waals surface area contributed by atoms with E-state index in [0.717, 1.165) is 31.5 Å². The SMILES string of the molecule is CC(C)(C)OC(=O)N[C@@H](CC(=O)N1CCCC1)Cc1ccc(C#N)cc1. The second-order valence-electron chi connectivity index (χ2n) is 7.65. The molecule has 1 heterocycles. The van der Waals surface area contributed by atoms with Crippen molar-refractivity contribution in [3.63, 3.8) is 0 Å². The smallest absolute Gasteiger partial charge is 0.407 e. The molecule has 1 aromatic carbocycles. The number of alkyl carbamates (subject to hydrolysis) is 1. The Labute approximate surface area is 155 Å². The van der Waals surface area contributed by atoms with Crippen molar-refractivity contribution in [3.05, 3.63) is 35.4 Å². The maximum Gasteiger partial charge on any atom is 0.407 e. The molecule has 140 valence electrons. The van der Waals surface area contributed by atoms with Crippen LogP contribution >= 0.6 is 0 Å². The molecule has 0 aliphatic carbocycles. The lowest BCUT2D eigenvalue weighted by Gasteiger charge is -2.25. The van der Waals surface area contributed by atoms with Gasteiger partial charge in [0.25, 0.3) is 0 Å². The van der Waals surface area contributed by atoms with E-state index in [9.17, 15) is 9.59 Å². The second kappa shape index (κ2) is 8.70. The molecule has 1 aliphatic heterocycles. The van der Waals surface area contributed by atoms with Gasteiger partial charge in [-0.1, -0.05) is 12.1 Å². The Balaban J connectivity index is 2.04. The number of rotatable bonds is 5. The van der Waals surface area contributed by atoms with Crippen molar-refractivity contribution in [2.24, 2.45) is 0 Å². The van der Waals surface area contributed by atoms with Crippen LogP contribution in [0.15, 0.2) is 24.3 Å². The van der Waals surface area contributed by atoms with Crippen molar-refractivity contribution in [1.29, 1.82) is 5.26 Å². The summed E-state index contributed by atoms with van der Waals surface area (Å²) in [6, 6.07) is 8.90. The van der Waals surface area contributed by atoms with Gasteiger partial charge in [-0.15, -0.1) is 0 Å². The molecule has 1 atom stereocenters. The fourth-order valence-electron chi connectivity index (χ4n) is 2.95. The maximum atomic E-state index is 12.5. The highest BCUT2D eigenvalue weighted by atomic mass is 16.6. The molecule has 0 aromatic heterocycles. The molecule has 2 amide bonds. The van der Waals surface area contributed by atoms with Crippen molar-refractivity contribution in [2.45, 2.75) is 58.1 Å². The zero-order valence-corrected chi connectivity index (χ0v) is 15.7. The Morgan fingerprint density at radius 1 is 1.23 bits per heavy atom. The number of carbonyl (C=O) groups excluding carboxylic acids is 2. The number of hydrogen-bond acceptors (Lipinski definition) is 4. The summed E-state index contributed by atoms with van der Waals surface area (Å²) < 4.78 is 5.33. The summed E-state index contributed by atoms with van der Waals surface area (Å²) in [6.45, 7) is 6.98. The fraction of sp³-hybridized carbons (Fsp3) is 0.550. The minimum Gasteiger partial charge on any atom is -0.444 e. The number of hydrogen-bond donors (Lipinski definition) is 1. The van der Waals surface area contributed by atoms with E-state index in [2.05, 4.69) is 11.4 Å². The monoisotopic (exact) mass is 357 g/mol. The standard InChI is InChI=1S/C20H27N3O3/c1-20(2,3)26-19(25)22-17(13-18(24)23-10-4-5-11-23)12-15-6-8-16(14-21)9-7-15/h6-9,17H,4-5,10-13H2,1-3H3,(H,22,25)/t17-/m1/s1. The van der Waals surface area contributed by atoms with E-state index < -0.39 is 11.7 Å². The molecule has 2 rings (SSSR count). The van der Waals surface area contributed by atoms with Gasteiger partial charge < -0.3 is 15.0 Å². The van der Waals surface area contributed by atoms with Crippen molar-refractivity contribution < 1.29 is 14.3 Å². The van der Waals surface area contributed by atoms with Crippen LogP contribution in [0.25, 0.3) is 0 Å². The Bertz CT molecular complexity index is 665. The molecular formula is C20H27N3O3. The van der Waals surface area contributed by atoms with E-state index in [-0.39, 0.29) is 18.4 Å².